The Morgan fingerprint density at radius 3 is 2.38 bits per heavy atom. The quantitative estimate of drug-likeness (QED) is 0.725. The lowest BCUT2D eigenvalue weighted by Gasteiger charge is -1.96. The Kier molecular flexibility index (Phi) is 2.24. The Hall–Kier alpha value is -0.630. The summed E-state index contributed by atoms with van der Waals surface area (Å²) in [5.74, 6) is 0.886. The van der Waals surface area contributed by atoms with Gasteiger partial charge >= 0.3 is 0 Å². The molecule has 0 radical (unpaired) electrons. The summed E-state index contributed by atoms with van der Waals surface area (Å²) in [6.07, 6.45) is 0. The molecule has 68 valence electrons. The van der Waals surface area contributed by atoms with E-state index in [-0.39, 0.29) is 11.7 Å². The van der Waals surface area contributed by atoms with E-state index in [1.165, 1.54) is 5.56 Å². The summed E-state index contributed by atoms with van der Waals surface area (Å²) in [5, 5.41) is 0. The van der Waals surface area contributed by atoms with Crippen LogP contribution in [0.3, 0.4) is 0 Å². The van der Waals surface area contributed by atoms with E-state index in [2.05, 4.69) is 28.1 Å². The highest BCUT2D eigenvalue weighted by molar-refractivity contribution is 9.09. The van der Waals surface area contributed by atoms with E-state index < -0.39 is 0 Å². The van der Waals surface area contributed by atoms with Crippen LogP contribution in [0.1, 0.15) is 18.4 Å². The molecule has 0 aliphatic heterocycles. The third kappa shape index (κ3) is 1.55. The maximum Gasteiger partial charge on any atom is 0.134 e. The van der Waals surface area contributed by atoms with E-state index in [0.29, 0.717) is 10.7 Å². The van der Waals surface area contributed by atoms with Crippen molar-refractivity contribution in [2.24, 2.45) is 5.92 Å². The van der Waals surface area contributed by atoms with Crippen LogP contribution in [0.4, 0.5) is 0 Å². The maximum atomic E-state index is 11.2. The molecule has 2 rings (SSSR count). The van der Waals surface area contributed by atoms with Gasteiger partial charge in [0.2, 0.25) is 0 Å². The SMILES string of the molecule is CC(=O)[C@H]1[C@H](Br)[C@@H]1c1ccccc1. The third-order valence-electron chi connectivity index (χ3n) is 2.59. The van der Waals surface area contributed by atoms with Gasteiger partial charge in [-0.2, -0.15) is 0 Å². The van der Waals surface area contributed by atoms with Crippen LogP contribution in [0.15, 0.2) is 30.3 Å². The number of carbonyl (C=O) groups excluding carboxylic acids is 1. The van der Waals surface area contributed by atoms with Crippen molar-refractivity contribution < 1.29 is 4.79 Å². The fraction of sp³-hybridized carbons (Fsp3) is 0.364. The average Bonchev–Trinajstić information content (AvgIpc) is 2.79. The predicted octanol–water partition coefficient (Wildman–Crippen LogP) is 2.75. The van der Waals surface area contributed by atoms with Crippen LogP contribution < -0.4 is 0 Å². The number of ketones is 1. The van der Waals surface area contributed by atoms with Crippen LogP contribution in [-0.4, -0.2) is 10.6 Å². The number of carbonyl (C=O) groups is 1. The lowest BCUT2D eigenvalue weighted by atomic mass is 10.1. The van der Waals surface area contributed by atoms with E-state index in [1.54, 1.807) is 6.92 Å². The van der Waals surface area contributed by atoms with Crippen LogP contribution >= 0.6 is 15.9 Å². The van der Waals surface area contributed by atoms with Crippen molar-refractivity contribution in [3.63, 3.8) is 0 Å². The molecule has 1 saturated carbocycles. The van der Waals surface area contributed by atoms with Crippen LogP contribution in [0.25, 0.3) is 0 Å². The third-order valence-corrected chi connectivity index (χ3v) is 3.73. The summed E-state index contributed by atoms with van der Waals surface area (Å²) in [4.78, 5) is 11.5. The summed E-state index contributed by atoms with van der Waals surface area (Å²) in [5.41, 5.74) is 1.27. The molecule has 0 N–H and O–H groups in total. The first-order valence-electron chi connectivity index (χ1n) is 4.41. The summed E-state index contributed by atoms with van der Waals surface area (Å²) < 4.78 is 0. The number of Topliss-reactive ketones (excluding diaryl/α,β-unsaturated/α-hetero) is 1. The monoisotopic (exact) mass is 238 g/mol. The second-order valence-corrected chi connectivity index (χ2v) is 4.57. The van der Waals surface area contributed by atoms with Crippen LogP contribution in [0.5, 0.6) is 0 Å². The van der Waals surface area contributed by atoms with Crippen molar-refractivity contribution in [3.05, 3.63) is 35.9 Å². The number of alkyl halides is 1. The van der Waals surface area contributed by atoms with Crippen molar-refractivity contribution in [3.8, 4) is 0 Å². The Morgan fingerprint density at radius 2 is 1.92 bits per heavy atom. The lowest BCUT2D eigenvalue weighted by Crippen LogP contribution is -1.95. The smallest absolute Gasteiger partial charge is 0.134 e. The number of benzene rings is 1. The van der Waals surface area contributed by atoms with Gasteiger partial charge in [0.25, 0.3) is 0 Å². The molecule has 0 heterocycles. The van der Waals surface area contributed by atoms with Gasteiger partial charge in [0.15, 0.2) is 0 Å². The number of rotatable bonds is 2. The standard InChI is InChI=1S/C11H11BrO/c1-7(13)9-10(11(9)12)8-5-3-2-4-6-8/h2-6,9-11H,1H3/t9-,10-,11+/m1/s1. The Morgan fingerprint density at radius 1 is 1.31 bits per heavy atom. The van der Waals surface area contributed by atoms with Gasteiger partial charge in [-0.25, -0.2) is 0 Å². The average molecular weight is 239 g/mol. The van der Waals surface area contributed by atoms with Crippen molar-refractivity contribution in [2.75, 3.05) is 0 Å². The molecule has 2 heteroatoms. The molecule has 0 amide bonds. The van der Waals surface area contributed by atoms with E-state index in [0.717, 1.165) is 0 Å². The summed E-state index contributed by atoms with van der Waals surface area (Å²) in [6, 6.07) is 10.2. The molecule has 1 nitrogen and oxygen atoms in total. The van der Waals surface area contributed by atoms with E-state index in [9.17, 15) is 4.79 Å². The molecule has 0 unspecified atom stereocenters. The molecule has 1 aliphatic rings. The second kappa shape index (κ2) is 3.26. The Bertz CT molecular complexity index is 320. The highest BCUT2D eigenvalue weighted by Crippen LogP contribution is 2.53. The van der Waals surface area contributed by atoms with Gasteiger partial charge in [-0.05, 0) is 12.5 Å². The zero-order valence-electron chi connectivity index (χ0n) is 7.41. The van der Waals surface area contributed by atoms with Gasteiger partial charge in [-0.15, -0.1) is 0 Å². The highest BCUT2D eigenvalue weighted by Gasteiger charge is 2.52. The minimum absolute atomic E-state index is 0.197. The Balaban J connectivity index is 2.18. The van der Waals surface area contributed by atoms with Gasteiger partial charge in [-0.3, -0.25) is 4.79 Å². The van der Waals surface area contributed by atoms with Crippen molar-refractivity contribution in [1.29, 1.82) is 0 Å². The first-order chi connectivity index (χ1) is 6.22. The summed E-state index contributed by atoms with van der Waals surface area (Å²) in [7, 11) is 0. The minimum atomic E-state index is 0.197. The molecule has 1 aromatic rings. The van der Waals surface area contributed by atoms with Gasteiger partial charge < -0.3 is 0 Å². The second-order valence-electron chi connectivity index (χ2n) is 3.52. The largest absolute Gasteiger partial charge is 0.300 e. The molecule has 1 aromatic carbocycles. The van der Waals surface area contributed by atoms with Gasteiger partial charge in [0.05, 0.1) is 0 Å². The summed E-state index contributed by atoms with van der Waals surface area (Å²) >= 11 is 3.53. The molecular formula is C11H11BrO. The topological polar surface area (TPSA) is 17.1 Å². The normalized spacial score (nSPS) is 31.4. The van der Waals surface area contributed by atoms with E-state index in [1.807, 2.05) is 18.2 Å². The van der Waals surface area contributed by atoms with Crippen LogP contribution in [0.2, 0.25) is 0 Å². The zero-order chi connectivity index (χ0) is 9.42. The first kappa shape index (κ1) is 8.95. The number of halogens is 1. The Labute approximate surface area is 86.3 Å². The molecule has 0 saturated heterocycles. The van der Waals surface area contributed by atoms with Crippen LogP contribution in [0, 0.1) is 5.92 Å². The lowest BCUT2D eigenvalue weighted by molar-refractivity contribution is -0.118. The molecule has 0 aromatic heterocycles. The molecular weight excluding hydrogens is 228 g/mol. The van der Waals surface area contributed by atoms with E-state index >= 15 is 0 Å². The molecule has 0 bridgehead atoms. The molecule has 1 fully saturated rings. The van der Waals surface area contributed by atoms with Crippen molar-refractivity contribution in [2.45, 2.75) is 17.7 Å². The maximum absolute atomic E-state index is 11.2. The predicted molar refractivity (Wildman–Crippen MR) is 56.1 cm³/mol. The molecule has 13 heavy (non-hydrogen) atoms. The number of hydrogen-bond acceptors (Lipinski definition) is 1. The fourth-order valence-electron chi connectivity index (χ4n) is 1.82. The zero-order valence-corrected chi connectivity index (χ0v) is 8.99. The van der Waals surface area contributed by atoms with Crippen LogP contribution in [-0.2, 0) is 4.79 Å². The highest BCUT2D eigenvalue weighted by atomic mass is 79.9. The molecule has 1 aliphatic carbocycles. The number of hydrogen-bond donors (Lipinski definition) is 0. The molecule has 3 atom stereocenters. The fourth-order valence-corrected chi connectivity index (χ4v) is 2.98. The van der Waals surface area contributed by atoms with Crippen molar-refractivity contribution >= 4 is 21.7 Å². The minimum Gasteiger partial charge on any atom is -0.300 e. The van der Waals surface area contributed by atoms with Gasteiger partial charge in [0.1, 0.15) is 5.78 Å². The first-order valence-corrected chi connectivity index (χ1v) is 5.33. The van der Waals surface area contributed by atoms with E-state index in [4.69, 9.17) is 0 Å². The van der Waals surface area contributed by atoms with Crippen molar-refractivity contribution in [1.82, 2.24) is 0 Å². The van der Waals surface area contributed by atoms with Gasteiger partial charge in [0, 0.05) is 16.7 Å². The molecule has 0 spiro atoms. The summed E-state index contributed by atoms with van der Waals surface area (Å²) in [6.45, 7) is 1.67. The van der Waals surface area contributed by atoms with Gasteiger partial charge in [-0.1, -0.05) is 46.3 Å².